The fraction of sp³-hybridized carbons (Fsp3) is 0.267. The van der Waals surface area contributed by atoms with Crippen LogP contribution in [0.2, 0.25) is 0 Å². The molecule has 0 unspecified atom stereocenters. The quantitative estimate of drug-likeness (QED) is 0.356. The lowest BCUT2D eigenvalue weighted by Gasteiger charge is -2.29. The summed E-state index contributed by atoms with van der Waals surface area (Å²) in [4.78, 5) is 18.5. The maximum atomic E-state index is 14.1. The molecular formula is C30H30N2O6S. The molecule has 1 saturated heterocycles. The van der Waals surface area contributed by atoms with E-state index in [1.807, 2.05) is 50.2 Å². The van der Waals surface area contributed by atoms with Gasteiger partial charge >= 0.3 is 0 Å². The van der Waals surface area contributed by atoms with Crippen molar-refractivity contribution in [1.82, 2.24) is 9.71 Å². The highest BCUT2D eigenvalue weighted by molar-refractivity contribution is 7.90. The van der Waals surface area contributed by atoms with Crippen LogP contribution in [0.15, 0.2) is 77.7 Å². The minimum absolute atomic E-state index is 0.0306. The molecule has 0 saturated carbocycles. The molecule has 4 aromatic rings. The van der Waals surface area contributed by atoms with Crippen LogP contribution in [0.4, 0.5) is 0 Å². The molecule has 0 radical (unpaired) electrons. The Kier molecular flexibility index (Phi) is 7.05. The molecule has 0 bridgehead atoms. The smallest absolute Gasteiger partial charge is 0.270 e. The van der Waals surface area contributed by atoms with Gasteiger partial charge in [-0.05, 0) is 74.4 Å². The van der Waals surface area contributed by atoms with Crippen molar-refractivity contribution in [3.63, 3.8) is 0 Å². The molecule has 1 N–H and O–H groups in total. The third kappa shape index (κ3) is 4.95. The van der Waals surface area contributed by atoms with E-state index >= 15 is 0 Å². The van der Waals surface area contributed by atoms with E-state index in [-0.39, 0.29) is 23.8 Å². The van der Waals surface area contributed by atoms with Crippen LogP contribution >= 0.6 is 0 Å². The standard InChI is InChI=1S/C30H30N2O6S/c1-19-8-15-27(37-4)25(16-19)30(17-22(18-38-30)21-10-12-23(36-3)13-11-21)29(33)32-39(34,35)28-7-5-6-26-24(28)14-9-20(2)31-26/h5-16,22H,17-18H2,1-4H3,(H,32,33)/t22-,30+/m0/s1. The van der Waals surface area contributed by atoms with Crippen molar-refractivity contribution < 1.29 is 27.4 Å². The van der Waals surface area contributed by atoms with Crippen LogP contribution in [0.25, 0.3) is 10.9 Å². The average Bonchev–Trinajstić information content (AvgIpc) is 3.39. The lowest BCUT2D eigenvalue weighted by Crippen LogP contribution is -2.46. The maximum absolute atomic E-state index is 14.1. The van der Waals surface area contributed by atoms with Crippen molar-refractivity contribution in [1.29, 1.82) is 0 Å². The lowest BCUT2D eigenvalue weighted by atomic mass is 9.83. The summed E-state index contributed by atoms with van der Waals surface area (Å²) in [6.45, 7) is 3.94. The number of ether oxygens (including phenoxy) is 3. The second-order valence-electron chi connectivity index (χ2n) is 9.73. The number of sulfonamides is 1. The van der Waals surface area contributed by atoms with Gasteiger partial charge in [0.1, 0.15) is 11.5 Å². The van der Waals surface area contributed by atoms with Gasteiger partial charge in [0.15, 0.2) is 5.60 Å². The highest BCUT2D eigenvalue weighted by Gasteiger charge is 2.51. The number of fused-ring (bicyclic) bond motifs is 1. The van der Waals surface area contributed by atoms with Gasteiger partial charge in [-0.3, -0.25) is 9.78 Å². The first-order chi connectivity index (χ1) is 18.7. The Bertz CT molecular complexity index is 1650. The number of carbonyl (C=O) groups is 1. The zero-order valence-corrected chi connectivity index (χ0v) is 23.0. The number of hydrogen-bond donors (Lipinski definition) is 1. The fourth-order valence-corrected chi connectivity index (χ4v) is 6.36. The summed E-state index contributed by atoms with van der Waals surface area (Å²) in [5, 5.41) is 0.425. The summed E-state index contributed by atoms with van der Waals surface area (Å²) in [7, 11) is -1.17. The largest absolute Gasteiger partial charge is 0.497 e. The van der Waals surface area contributed by atoms with E-state index in [1.165, 1.54) is 13.2 Å². The van der Waals surface area contributed by atoms with Gasteiger partial charge in [0, 0.05) is 22.6 Å². The third-order valence-electron chi connectivity index (χ3n) is 7.16. The van der Waals surface area contributed by atoms with Crippen molar-refractivity contribution in [2.24, 2.45) is 0 Å². The second kappa shape index (κ2) is 10.3. The topological polar surface area (TPSA) is 104 Å². The van der Waals surface area contributed by atoms with Crippen molar-refractivity contribution in [3.8, 4) is 11.5 Å². The van der Waals surface area contributed by atoms with Crippen molar-refractivity contribution in [2.75, 3.05) is 20.8 Å². The molecule has 9 heteroatoms. The van der Waals surface area contributed by atoms with Crippen LogP contribution < -0.4 is 14.2 Å². The molecule has 0 aliphatic carbocycles. The fourth-order valence-electron chi connectivity index (χ4n) is 5.13. The van der Waals surface area contributed by atoms with Gasteiger partial charge in [-0.2, -0.15) is 0 Å². The van der Waals surface area contributed by atoms with Gasteiger partial charge in [0.2, 0.25) is 0 Å². The number of benzene rings is 3. The van der Waals surface area contributed by atoms with Crippen LogP contribution in [0.5, 0.6) is 11.5 Å². The predicted molar refractivity (Wildman–Crippen MR) is 148 cm³/mol. The number of nitrogens with one attached hydrogen (secondary N) is 1. The number of aromatic nitrogens is 1. The Morgan fingerprint density at radius 1 is 1.00 bits per heavy atom. The molecule has 5 rings (SSSR count). The van der Waals surface area contributed by atoms with E-state index in [1.54, 1.807) is 37.4 Å². The molecule has 0 spiro atoms. The summed E-state index contributed by atoms with van der Waals surface area (Å²) >= 11 is 0. The number of rotatable bonds is 7. The highest BCUT2D eigenvalue weighted by Crippen LogP contribution is 2.47. The first-order valence-corrected chi connectivity index (χ1v) is 14.0. The Hall–Kier alpha value is -3.95. The zero-order chi connectivity index (χ0) is 27.8. The zero-order valence-electron chi connectivity index (χ0n) is 22.2. The van der Waals surface area contributed by atoms with E-state index in [9.17, 15) is 13.2 Å². The average molecular weight is 547 g/mol. The maximum Gasteiger partial charge on any atom is 0.270 e. The first-order valence-electron chi connectivity index (χ1n) is 12.5. The van der Waals surface area contributed by atoms with Gasteiger partial charge in [-0.25, -0.2) is 13.1 Å². The van der Waals surface area contributed by atoms with Crippen LogP contribution in [0.3, 0.4) is 0 Å². The molecule has 1 aliphatic rings. The van der Waals surface area contributed by atoms with Gasteiger partial charge in [-0.1, -0.05) is 29.8 Å². The molecule has 202 valence electrons. The van der Waals surface area contributed by atoms with Crippen LogP contribution in [0.1, 0.15) is 34.7 Å². The second-order valence-corrected chi connectivity index (χ2v) is 11.4. The van der Waals surface area contributed by atoms with Crippen LogP contribution in [-0.2, 0) is 25.2 Å². The number of carbonyl (C=O) groups excluding carboxylic acids is 1. The van der Waals surface area contributed by atoms with Crippen LogP contribution in [0, 0.1) is 13.8 Å². The Balaban J connectivity index is 1.57. The van der Waals surface area contributed by atoms with E-state index < -0.39 is 21.5 Å². The molecule has 1 fully saturated rings. The van der Waals surface area contributed by atoms with Crippen molar-refractivity contribution in [3.05, 3.63) is 95.2 Å². The number of amides is 1. The molecule has 1 amide bonds. The van der Waals surface area contributed by atoms with E-state index in [0.29, 0.717) is 28.0 Å². The Morgan fingerprint density at radius 3 is 2.49 bits per heavy atom. The molecule has 1 aliphatic heterocycles. The van der Waals surface area contributed by atoms with Gasteiger partial charge < -0.3 is 14.2 Å². The van der Waals surface area contributed by atoms with Gasteiger partial charge in [0.25, 0.3) is 15.9 Å². The SMILES string of the molecule is COc1ccc([C@@H]2CO[C@@](C(=O)NS(=O)(=O)c3cccc4nc(C)ccc34)(c3cc(C)ccc3OC)C2)cc1. The summed E-state index contributed by atoms with van der Waals surface area (Å²) < 4.78 is 46.8. The Morgan fingerprint density at radius 2 is 1.77 bits per heavy atom. The third-order valence-corrected chi connectivity index (χ3v) is 8.55. The van der Waals surface area contributed by atoms with E-state index in [0.717, 1.165) is 16.8 Å². The van der Waals surface area contributed by atoms with E-state index in [2.05, 4.69) is 9.71 Å². The molecule has 39 heavy (non-hydrogen) atoms. The molecule has 3 aromatic carbocycles. The van der Waals surface area contributed by atoms with Gasteiger partial charge in [-0.15, -0.1) is 0 Å². The van der Waals surface area contributed by atoms with Gasteiger partial charge in [0.05, 0.1) is 31.2 Å². The first kappa shape index (κ1) is 26.6. The lowest BCUT2D eigenvalue weighted by molar-refractivity contribution is -0.140. The number of hydrogen-bond acceptors (Lipinski definition) is 7. The van der Waals surface area contributed by atoms with Crippen LogP contribution in [-0.4, -0.2) is 40.1 Å². The summed E-state index contributed by atoms with van der Waals surface area (Å²) in [6, 6.07) is 21.2. The highest BCUT2D eigenvalue weighted by atomic mass is 32.2. The number of aryl methyl sites for hydroxylation is 2. The van der Waals surface area contributed by atoms with E-state index in [4.69, 9.17) is 14.2 Å². The number of pyridine rings is 1. The summed E-state index contributed by atoms with van der Waals surface area (Å²) in [5.74, 6) is 0.208. The Labute approximate surface area is 228 Å². The normalized spacial score (nSPS) is 19.1. The predicted octanol–water partition coefficient (Wildman–Crippen LogP) is 4.77. The summed E-state index contributed by atoms with van der Waals surface area (Å²) in [6.07, 6.45) is 0.219. The molecule has 1 aromatic heterocycles. The molecule has 2 atom stereocenters. The minimum Gasteiger partial charge on any atom is -0.497 e. The molecule has 2 heterocycles. The molecular weight excluding hydrogens is 516 g/mol. The minimum atomic E-state index is -4.28. The number of methoxy groups -OCH3 is 2. The molecule has 8 nitrogen and oxygen atoms in total. The summed E-state index contributed by atoms with van der Waals surface area (Å²) in [5.41, 5.74) is 1.99. The monoisotopic (exact) mass is 546 g/mol. The van der Waals surface area contributed by atoms with Crippen molar-refractivity contribution in [2.45, 2.75) is 36.7 Å². The number of nitrogens with zero attached hydrogens (tertiary/aromatic N) is 1. The van der Waals surface area contributed by atoms with Crippen molar-refractivity contribution >= 4 is 26.8 Å².